The second kappa shape index (κ2) is 5.69. The van der Waals surface area contributed by atoms with Crippen LogP contribution in [-0.2, 0) is 9.59 Å². The third-order valence-corrected chi connectivity index (χ3v) is 3.99. The molecule has 3 N–H and O–H groups in total. The van der Waals surface area contributed by atoms with Gasteiger partial charge in [-0.3, -0.25) is 9.59 Å². The molecule has 102 valence electrons. The first-order valence-corrected chi connectivity index (χ1v) is 6.99. The molecule has 0 spiro atoms. The summed E-state index contributed by atoms with van der Waals surface area (Å²) >= 11 is 0. The summed E-state index contributed by atoms with van der Waals surface area (Å²) in [6.45, 7) is 2.19. The van der Waals surface area contributed by atoms with Gasteiger partial charge in [-0.1, -0.05) is 26.2 Å². The minimum absolute atomic E-state index is 0.0461. The molecule has 0 aromatic heterocycles. The molecule has 5 nitrogen and oxygen atoms in total. The Balaban J connectivity index is 2.08. The Bertz CT molecular complexity index is 332. The van der Waals surface area contributed by atoms with Gasteiger partial charge in [0, 0.05) is 6.04 Å². The predicted octanol–water partition coefficient (Wildman–Crippen LogP) is 0.383. The van der Waals surface area contributed by atoms with Crippen molar-refractivity contribution in [1.29, 1.82) is 0 Å². The molecule has 3 atom stereocenters. The van der Waals surface area contributed by atoms with Crippen molar-refractivity contribution in [1.82, 2.24) is 10.2 Å². The van der Waals surface area contributed by atoms with Gasteiger partial charge in [-0.15, -0.1) is 0 Å². The Kier molecular flexibility index (Phi) is 4.22. The lowest BCUT2D eigenvalue weighted by atomic mass is 9.87. The smallest absolute Gasteiger partial charge is 0.240 e. The lowest BCUT2D eigenvalue weighted by molar-refractivity contribution is -0.145. The molecule has 2 rings (SSSR count). The van der Waals surface area contributed by atoms with Gasteiger partial charge in [-0.25, -0.2) is 0 Å². The summed E-state index contributed by atoms with van der Waals surface area (Å²) in [6, 6.07) is -0.159. The maximum Gasteiger partial charge on any atom is 0.240 e. The summed E-state index contributed by atoms with van der Waals surface area (Å²) in [4.78, 5) is 25.7. The fourth-order valence-corrected chi connectivity index (χ4v) is 3.07. The predicted molar refractivity (Wildman–Crippen MR) is 68.8 cm³/mol. The molecule has 2 fully saturated rings. The van der Waals surface area contributed by atoms with E-state index in [0.29, 0.717) is 6.42 Å². The first-order valence-electron chi connectivity index (χ1n) is 6.99. The highest BCUT2D eigenvalue weighted by Crippen LogP contribution is 2.26. The molecule has 18 heavy (non-hydrogen) atoms. The Morgan fingerprint density at radius 2 is 2.22 bits per heavy atom. The second-order valence-corrected chi connectivity index (χ2v) is 5.39. The number of hydrogen-bond donors (Lipinski definition) is 2. The fraction of sp³-hybridized carbons (Fsp3) is 0.846. The number of nitrogens with zero attached hydrogens (tertiary/aromatic N) is 1. The van der Waals surface area contributed by atoms with Crippen LogP contribution < -0.4 is 11.1 Å². The normalized spacial score (nSPS) is 29.4. The molecule has 0 aromatic carbocycles. The molecule has 1 saturated heterocycles. The van der Waals surface area contributed by atoms with E-state index < -0.39 is 6.04 Å². The maximum absolute atomic E-state index is 12.3. The van der Waals surface area contributed by atoms with E-state index in [1.807, 2.05) is 6.92 Å². The van der Waals surface area contributed by atoms with E-state index in [0.717, 1.165) is 32.1 Å². The molecule has 0 aromatic rings. The van der Waals surface area contributed by atoms with E-state index in [9.17, 15) is 9.59 Å². The van der Waals surface area contributed by atoms with E-state index in [1.54, 1.807) is 4.90 Å². The second-order valence-electron chi connectivity index (χ2n) is 5.39. The highest BCUT2D eigenvalue weighted by Gasteiger charge is 2.39. The van der Waals surface area contributed by atoms with Crippen LogP contribution >= 0.6 is 0 Å². The number of hydrogen-bond acceptors (Lipinski definition) is 3. The van der Waals surface area contributed by atoms with Crippen LogP contribution in [0.5, 0.6) is 0 Å². The number of carbonyl (C=O) groups excluding carboxylic acids is 2. The highest BCUT2D eigenvalue weighted by molar-refractivity contribution is 5.89. The average Bonchev–Trinajstić information content (AvgIpc) is 2.37. The molecule has 2 aliphatic rings. The van der Waals surface area contributed by atoms with Crippen molar-refractivity contribution < 1.29 is 9.59 Å². The zero-order chi connectivity index (χ0) is 13.1. The average molecular weight is 253 g/mol. The monoisotopic (exact) mass is 253 g/mol. The quantitative estimate of drug-likeness (QED) is 0.763. The molecule has 5 heteroatoms. The number of piperazine rings is 1. The summed E-state index contributed by atoms with van der Waals surface area (Å²) in [6.07, 6.45) is 5.79. The molecular formula is C13H23N3O2. The Hall–Kier alpha value is -1.10. The van der Waals surface area contributed by atoms with Gasteiger partial charge >= 0.3 is 0 Å². The number of fused-ring (bicyclic) bond motifs is 1. The Morgan fingerprint density at radius 3 is 2.94 bits per heavy atom. The van der Waals surface area contributed by atoms with Gasteiger partial charge in [0.15, 0.2) is 0 Å². The summed E-state index contributed by atoms with van der Waals surface area (Å²) in [5, 5.41) is 3.00. The summed E-state index contributed by atoms with van der Waals surface area (Å²) < 4.78 is 0. The van der Waals surface area contributed by atoms with Crippen molar-refractivity contribution >= 4 is 11.8 Å². The van der Waals surface area contributed by atoms with Crippen LogP contribution in [-0.4, -0.2) is 41.4 Å². The first-order chi connectivity index (χ1) is 8.63. The fourth-order valence-electron chi connectivity index (χ4n) is 3.07. The molecule has 1 aliphatic carbocycles. The summed E-state index contributed by atoms with van der Waals surface area (Å²) in [7, 11) is 0. The minimum Gasteiger partial charge on any atom is -0.350 e. The van der Waals surface area contributed by atoms with Crippen LogP contribution in [0, 0.1) is 0 Å². The van der Waals surface area contributed by atoms with Gasteiger partial charge in [0.2, 0.25) is 11.8 Å². The van der Waals surface area contributed by atoms with Crippen molar-refractivity contribution in [2.24, 2.45) is 5.73 Å². The molecule has 1 aliphatic heterocycles. The lowest BCUT2D eigenvalue weighted by Crippen LogP contribution is -2.64. The van der Waals surface area contributed by atoms with Crippen molar-refractivity contribution in [2.75, 3.05) is 6.54 Å². The molecule has 0 radical (unpaired) electrons. The topological polar surface area (TPSA) is 75.4 Å². The Morgan fingerprint density at radius 1 is 1.50 bits per heavy atom. The zero-order valence-electron chi connectivity index (χ0n) is 11.0. The first kappa shape index (κ1) is 13.3. The van der Waals surface area contributed by atoms with Crippen LogP contribution in [0.25, 0.3) is 0 Å². The largest absolute Gasteiger partial charge is 0.350 e. The maximum atomic E-state index is 12.3. The van der Waals surface area contributed by atoms with Crippen molar-refractivity contribution in [3.05, 3.63) is 0 Å². The number of nitrogens with two attached hydrogens (primary N) is 1. The summed E-state index contributed by atoms with van der Waals surface area (Å²) in [5.74, 6) is -0.0983. The van der Waals surface area contributed by atoms with E-state index >= 15 is 0 Å². The van der Waals surface area contributed by atoms with Gasteiger partial charge in [-0.05, 0) is 19.3 Å². The number of rotatable bonds is 3. The van der Waals surface area contributed by atoms with Gasteiger partial charge in [-0.2, -0.15) is 0 Å². The minimum atomic E-state index is -0.455. The zero-order valence-corrected chi connectivity index (χ0v) is 11.0. The van der Waals surface area contributed by atoms with Gasteiger partial charge in [0.25, 0.3) is 0 Å². The molecule has 0 bridgehead atoms. The Labute approximate surface area is 108 Å². The van der Waals surface area contributed by atoms with Crippen LogP contribution in [0.15, 0.2) is 0 Å². The number of nitrogens with one attached hydrogen (secondary N) is 1. The van der Waals surface area contributed by atoms with Crippen LogP contribution in [0.4, 0.5) is 0 Å². The number of carbonyl (C=O) groups is 2. The molecule has 2 amide bonds. The molecule has 1 saturated carbocycles. The van der Waals surface area contributed by atoms with Crippen molar-refractivity contribution in [2.45, 2.75) is 63.6 Å². The van der Waals surface area contributed by atoms with E-state index in [4.69, 9.17) is 5.73 Å². The third-order valence-electron chi connectivity index (χ3n) is 3.99. The van der Waals surface area contributed by atoms with Crippen LogP contribution in [0.1, 0.15) is 45.4 Å². The summed E-state index contributed by atoms with van der Waals surface area (Å²) in [5.41, 5.74) is 5.90. The van der Waals surface area contributed by atoms with Gasteiger partial charge in [0.1, 0.15) is 0 Å². The van der Waals surface area contributed by atoms with Gasteiger partial charge < -0.3 is 16.0 Å². The van der Waals surface area contributed by atoms with Gasteiger partial charge in [0.05, 0.1) is 18.6 Å². The van der Waals surface area contributed by atoms with E-state index in [-0.39, 0.29) is 30.4 Å². The molecule has 1 heterocycles. The lowest BCUT2D eigenvalue weighted by Gasteiger charge is -2.44. The SMILES string of the molecule is CCCC(N)C(=O)N1CC(=O)NC2CCCCC21. The van der Waals surface area contributed by atoms with Crippen LogP contribution in [0.2, 0.25) is 0 Å². The van der Waals surface area contributed by atoms with E-state index in [1.165, 1.54) is 0 Å². The van der Waals surface area contributed by atoms with Crippen molar-refractivity contribution in [3.8, 4) is 0 Å². The number of amides is 2. The molecule has 3 unspecified atom stereocenters. The van der Waals surface area contributed by atoms with E-state index in [2.05, 4.69) is 5.32 Å². The third kappa shape index (κ3) is 2.66. The standard InChI is InChI=1S/C13H23N3O2/c1-2-5-9(14)13(18)16-8-12(17)15-10-6-3-4-7-11(10)16/h9-11H,2-8,14H2,1H3,(H,15,17). The van der Waals surface area contributed by atoms with Crippen LogP contribution in [0.3, 0.4) is 0 Å². The highest BCUT2D eigenvalue weighted by atomic mass is 16.2. The van der Waals surface area contributed by atoms with Crippen molar-refractivity contribution in [3.63, 3.8) is 0 Å². The molecular weight excluding hydrogens is 230 g/mol.